The van der Waals surface area contributed by atoms with Gasteiger partial charge in [-0.25, -0.2) is 0 Å². The van der Waals surface area contributed by atoms with Crippen LogP contribution in [0.2, 0.25) is 0 Å². The molecule has 3 N–H and O–H groups in total. The van der Waals surface area contributed by atoms with Gasteiger partial charge < -0.3 is 19.9 Å². The molecule has 0 heterocycles. The SMILES string of the molecule is CC(=O)OCc1cc(C(O)CNC(C)(C)C)ccc1OC(=O)C12CC3CC(CC(C3)C1)C2.CS(=O)(=O)O. The molecule has 208 valence electrons. The third-order valence-corrected chi connectivity index (χ3v) is 7.40. The number of hydrogen-bond donors (Lipinski definition) is 3. The number of rotatable bonds is 7. The second-order valence-corrected chi connectivity index (χ2v) is 13.6. The zero-order valence-corrected chi connectivity index (χ0v) is 23.3. The second-order valence-electron chi connectivity index (χ2n) is 12.1. The summed E-state index contributed by atoms with van der Waals surface area (Å²) in [5.41, 5.74) is 0.820. The molecule has 1 unspecified atom stereocenters. The van der Waals surface area contributed by atoms with Crippen molar-refractivity contribution in [2.45, 2.75) is 84.5 Å². The molecule has 1 aromatic rings. The number of aliphatic hydroxyl groups is 1. The number of carbonyl (C=O) groups excluding carboxylic acids is 2. The highest BCUT2D eigenvalue weighted by Gasteiger charge is 2.55. The van der Waals surface area contributed by atoms with E-state index in [2.05, 4.69) is 5.32 Å². The van der Waals surface area contributed by atoms with Crippen molar-refractivity contribution in [2.24, 2.45) is 23.2 Å². The molecule has 1 aromatic carbocycles. The summed E-state index contributed by atoms with van der Waals surface area (Å²) in [6.45, 7) is 7.87. The van der Waals surface area contributed by atoms with Crippen molar-refractivity contribution >= 4 is 22.1 Å². The van der Waals surface area contributed by atoms with Crippen molar-refractivity contribution in [2.75, 3.05) is 12.8 Å². The molecule has 10 heteroatoms. The molecular weight excluding hydrogens is 498 g/mol. The molecule has 4 bridgehead atoms. The minimum atomic E-state index is -3.67. The van der Waals surface area contributed by atoms with Crippen LogP contribution in [-0.4, -0.2) is 48.4 Å². The van der Waals surface area contributed by atoms with E-state index >= 15 is 0 Å². The maximum absolute atomic E-state index is 13.4. The van der Waals surface area contributed by atoms with Gasteiger partial charge in [0.25, 0.3) is 10.1 Å². The number of benzene rings is 1. The third kappa shape index (κ3) is 8.77. The first-order valence-electron chi connectivity index (χ1n) is 12.9. The average Bonchev–Trinajstić information content (AvgIpc) is 2.74. The molecule has 4 aliphatic carbocycles. The van der Waals surface area contributed by atoms with Gasteiger partial charge >= 0.3 is 11.9 Å². The lowest BCUT2D eigenvalue weighted by Crippen LogP contribution is -2.51. The van der Waals surface area contributed by atoms with Gasteiger partial charge in [-0.2, -0.15) is 8.42 Å². The maximum atomic E-state index is 13.4. The standard InChI is InChI=1S/C26H37NO5.CH4O3S/c1-16(28)31-15-21-10-20(22(29)14-27-25(2,3)4)5-6-23(21)32-24(30)26-11-17-7-18(12-26)9-19(8-17)13-26;1-5(2,3)4/h5-6,10,17-19,22,27,29H,7-9,11-15H2,1-4H3;1H3,(H,2,3,4). The van der Waals surface area contributed by atoms with Crippen LogP contribution >= 0.6 is 0 Å². The first-order valence-corrected chi connectivity index (χ1v) is 14.7. The Labute approximate surface area is 220 Å². The highest BCUT2D eigenvalue weighted by Crippen LogP contribution is 2.60. The fourth-order valence-corrected chi connectivity index (χ4v) is 6.29. The molecule has 37 heavy (non-hydrogen) atoms. The topological polar surface area (TPSA) is 139 Å². The Morgan fingerprint density at radius 1 is 1.11 bits per heavy atom. The van der Waals surface area contributed by atoms with Crippen LogP contribution in [0, 0.1) is 23.2 Å². The molecule has 4 fully saturated rings. The van der Waals surface area contributed by atoms with Crippen LogP contribution in [0.25, 0.3) is 0 Å². The highest BCUT2D eigenvalue weighted by molar-refractivity contribution is 7.85. The Morgan fingerprint density at radius 2 is 1.62 bits per heavy atom. The Balaban J connectivity index is 0.000000695. The summed E-state index contributed by atoms with van der Waals surface area (Å²) < 4.78 is 37.1. The van der Waals surface area contributed by atoms with E-state index in [1.165, 1.54) is 26.2 Å². The number of nitrogens with one attached hydrogen (secondary N) is 1. The molecule has 0 radical (unpaired) electrons. The summed E-state index contributed by atoms with van der Waals surface area (Å²) in [6, 6.07) is 5.29. The van der Waals surface area contributed by atoms with E-state index in [0.29, 0.717) is 47.4 Å². The Bertz CT molecular complexity index is 1050. The van der Waals surface area contributed by atoms with E-state index < -0.39 is 22.2 Å². The largest absolute Gasteiger partial charge is 0.461 e. The summed E-state index contributed by atoms with van der Waals surface area (Å²) >= 11 is 0. The van der Waals surface area contributed by atoms with Gasteiger partial charge in [-0.1, -0.05) is 6.07 Å². The van der Waals surface area contributed by atoms with Gasteiger partial charge in [-0.05, 0) is 94.7 Å². The molecule has 0 spiro atoms. The van der Waals surface area contributed by atoms with Gasteiger partial charge in [0.2, 0.25) is 0 Å². The second kappa shape index (κ2) is 11.4. The van der Waals surface area contributed by atoms with E-state index in [9.17, 15) is 23.1 Å². The lowest BCUT2D eigenvalue weighted by Gasteiger charge is -2.55. The van der Waals surface area contributed by atoms with Gasteiger partial charge in [-0.15, -0.1) is 0 Å². The number of carbonyl (C=O) groups is 2. The number of ether oxygens (including phenoxy) is 2. The van der Waals surface area contributed by atoms with E-state index in [4.69, 9.17) is 14.0 Å². The fourth-order valence-electron chi connectivity index (χ4n) is 6.29. The van der Waals surface area contributed by atoms with Crippen LogP contribution in [0.1, 0.15) is 83.5 Å². The summed E-state index contributed by atoms with van der Waals surface area (Å²) in [5.74, 6) is 1.85. The molecule has 1 atom stereocenters. The van der Waals surface area contributed by atoms with Crippen molar-refractivity contribution in [1.29, 1.82) is 0 Å². The van der Waals surface area contributed by atoms with Crippen LogP contribution in [-0.2, 0) is 31.1 Å². The minimum Gasteiger partial charge on any atom is -0.461 e. The molecule has 0 amide bonds. The van der Waals surface area contributed by atoms with Crippen molar-refractivity contribution in [1.82, 2.24) is 5.32 Å². The van der Waals surface area contributed by atoms with E-state index in [1.54, 1.807) is 18.2 Å². The van der Waals surface area contributed by atoms with Crippen molar-refractivity contribution in [3.8, 4) is 5.75 Å². The van der Waals surface area contributed by atoms with Crippen LogP contribution in [0.4, 0.5) is 0 Å². The van der Waals surface area contributed by atoms with Crippen LogP contribution < -0.4 is 10.1 Å². The van der Waals surface area contributed by atoms with Crippen molar-refractivity contribution < 1.29 is 37.1 Å². The molecule has 9 nitrogen and oxygen atoms in total. The van der Waals surface area contributed by atoms with Gasteiger partial charge in [0, 0.05) is 24.6 Å². The summed E-state index contributed by atoms with van der Waals surface area (Å²) in [7, 11) is -3.67. The Hall–Kier alpha value is -2.01. The predicted octanol–water partition coefficient (Wildman–Crippen LogP) is 3.80. The monoisotopic (exact) mass is 539 g/mol. The molecule has 0 aromatic heterocycles. The quantitative estimate of drug-likeness (QED) is 0.268. The number of hydrogen-bond acceptors (Lipinski definition) is 8. The lowest BCUT2D eigenvalue weighted by atomic mass is 9.49. The molecule has 0 saturated heterocycles. The molecule has 4 aliphatic rings. The van der Waals surface area contributed by atoms with E-state index in [1.807, 2.05) is 20.8 Å². The average molecular weight is 540 g/mol. The number of β-amino-alcohol motifs (C(OH)–C–C–N with tert-alkyl or cyclic N) is 1. The van der Waals surface area contributed by atoms with E-state index in [0.717, 1.165) is 19.3 Å². The fraction of sp³-hybridized carbons (Fsp3) is 0.704. The van der Waals surface area contributed by atoms with Gasteiger partial charge in [0.1, 0.15) is 12.4 Å². The predicted molar refractivity (Wildman–Crippen MR) is 138 cm³/mol. The zero-order chi connectivity index (χ0) is 27.6. The van der Waals surface area contributed by atoms with Gasteiger partial charge in [0.15, 0.2) is 0 Å². The normalized spacial score (nSPS) is 27.2. The lowest BCUT2D eigenvalue weighted by molar-refractivity contribution is -0.161. The zero-order valence-electron chi connectivity index (χ0n) is 22.5. The first kappa shape index (κ1) is 29.5. The van der Waals surface area contributed by atoms with Crippen LogP contribution in [0.3, 0.4) is 0 Å². The Kier molecular flexibility index (Phi) is 9.09. The van der Waals surface area contributed by atoms with Crippen molar-refractivity contribution in [3.63, 3.8) is 0 Å². The highest BCUT2D eigenvalue weighted by atomic mass is 32.2. The summed E-state index contributed by atoms with van der Waals surface area (Å²) in [6.07, 6.45) is 6.59. The van der Waals surface area contributed by atoms with Gasteiger partial charge in [0.05, 0.1) is 17.8 Å². The summed E-state index contributed by atoms with van der Waals surface area (Å²) in [4.78, 5) is 24.8. The molecule has 5 rings (SSSR count). The molecular formula is C27H41NO8S. The van der Waals surface area contributed by atoms with Crippen LogP contribution in [0.5, 0.6) is 5.75 Å². The third-order valence-electron chi connectivity index (χ3n) is 7.40. The minimum absolute atomic E-state index is 0.00603. The summed E-state index contributed by atoms with van der Waals surface area (Å²) in [5, 5.41) is 13.9. The Morgan fingerprint density at radius 3 is 2.08 bits per heavy atom. The van der Waals surface area contributed by atoms with E-state index in [-0.39, 0.29) is 23.5 Å². The molecule has 0 aliphatic heterocycles. The van der Waals surface area contributed by atoms with Crippen molar-refractivity contribution in [3.05, 3.63) is 29.3 Å². The molecule has 4 saturated carbocycles. The van der Waals surface area contributed by atoms with Crippen LogP contribution in [0.15, 0.2) is 18.2 Å². The first-order chi connectivity index (χ1) is 17.0. The smallest absolute Gasteiger partial charge is 0.317 e. The maximum Gasteiger partial charge on any atom is 0.317 e. The number of esters is 2. The van der Waals surface area contributed by atoms with Gasteiger partial charge in [-0.3, -0.25) is 14.1 Å². The number of aliphatic hydroxyl groups excluding tert-OH is 1.